The lowest BCUT2D eigenvalue weighted by atomic mass is 9.89. The van der Waals surface area contributed by atoms with Gasteiger partial charge in [-0.2, -0.15) is 0 Å². The van der Waals surface area contributed by atoms with Crippen molar-refractivity contribution in [2.24, 2.45) is 0 Å². The van der Waals surface area contributed by atoms with Gasteiger partial charge in [-0.1, -0.05) is 55.5 Å². The maximum atomic E-state index is 13.0. The van der Waals surface area contributed by atoms with Gasteiger partial charge in [-0.25, -0.2) is 0 Å². The molecule has 1 saturated heterocycles. The minimum Gasteiger partial charge on any atom is -0.396 e. The molecule has 0 unspecified atom stereocenters. The number of piperidine rings is 1. The Hall–Kier alpha value is -2.72. The summed E-state index contributed by atoms with van der Waals surface area (Å²) in [6.07, 6.45) is 4.66. The Morgan fingerprint density at radius 1 is 1.04 bits per heavy atom. The van der Waals surface area contributed by atoms with Crippen molar-refractivity contribution in [2.75, 3.05) is 19.7 Å². The minimum absolute atomic E-state index is 0.125. The maximum Gasteiger partial charge on any atom is 0.254 e. The molecule has 0 aliphatic carbocycles. The van der Waals surface area contributed by atoms with Gasteiger partial charge in [-0.15, -0.1) is 0 Å². The molecule has 2 heterocycles. The van der Waals surface area contributed by atoms with Gasteiger partial charge in [0.15, 0.2) is 0 Å². The molecule has 146 valence electrons. The van der Waals surface area contributed by atoms with Gasteiger partial charge < -0.3 is 10.0 Å². The number of amides is 1. The second-order valence-electron chi connectivity index (χ2n) is 7.08. The van der Waals surface area contributed by atoms with Crippen molar-refractivity contribution in [2.45, 2.75) is 32.1 Å². The number of carbonyl (C=O) groups excluding carboxylic acids is 1. The Kier molecular flexibility index (Phi) is 7.15. The number of likely N-dealkylation sites (tertiary alicyclic amines) is 1. The van der Waals surface area contributed by atoms with Crippen LogP contribution in [0.3, 0.4) is 0 Å². The van der Waals surface area contributed by atoms with Gasteiger partial charge in [0.25, 0.3) is 5.91 Å². The highest BCUT2D eigenvalue weighted by Crippen LogP contribution is 2.29. The summed E-state index contributed by atoms with van der Waals surface area (Å²) in [5, 5.41) is 8.81. The molecule has 0 spiro atoms. The quantitative estimate of drug-likeness (QED) is 0.724. The van der Waals surface area contributed by atoms with Crippen molar-refractivity contribution in [3.63, 3.8) is 0 Å². The second kappa shape index (κ2) is 10.00. The maximum absolute atomic E-state index is 13.0. The zero-order chi connectivity index (χ0) is 19.8. The van der Waals surface area contributed by atoms with E-state index in [4.69, 9.17) is 5.11 Å². The van der Waals surface area contributed by atoms with Crippen LogP contribution in [0.15, 0.2) is 66.9 Å². The molecule has 0 atom stereocenters. The molecule has 4 rings (SSSR count). The fourth-order valence-electron chi connectivity index (χ4n) is 3.59. The van der Waals surface area contributed by atoms with Crippen molar-refractivity contribution in [1.29, 1.82) is 0 Å². The van der Waals surface area contributed by atoms with Crippen molar-refractivity contribution in [3.05, 3.63) is 78.0 Å². The highest BCUT2D eigenvalue weighted by atomic mass is 16.2. The molecule has 28 heavy (non-hydrogen) atoms. The van der Waals surface area contributed by atoms with Crippen molar-refractivity contribution >= 4 is 16.8 Å². The number of rotatable bonds is 3. The number of para-hydroxylation sites is 1. The largest absolute Gasteiger partial charge is 0.396 e. The van der Waals surface area contributed by atoms with Crippen molar-refractivity contribution in [3.8, 4) is 0 Å². The van der Waals surface area contributed by atoms with E-state index in [9.17, 15) is 4.79 Å². The van der Waals surface area contributed by atoms with E-state index in [1.165, 1.54) is 5.56 Å². The van der Waals surface area contributed by atoms with Crippen LogP contribution in [0.25, 0.3) is 10.9 Å². The molecular formula is C24H28N2O2. The molecule has 0 saturated carbocycles. The number of fused-ring (bicyclic) bond motifs is 1. The first-order chi connectivity index (χ1) is 13.7. The van der Waals surface area contributed by atoms with Crippen LogP contribution in [-0.4, -0.2) is 40.6 Å². The van der Waals surface area contributed by atoms with Gasteiger partial charge in [0.2, 0.25) is 0 Å². The van der Waals surface area contributed by atoms with Crippen LogP contribution in [0.1, 0.15) is 48.0 Å². The second-order valence-corrected chi connectivity index (χ2v) is 7.08. The van der Waals surface area contributed by atoms with E-state index in [0.717, 1.165) is 48.8 Å². The van der Waals surface area contributed by atoms with E-state index in [2.05, 4.69) is 35.3 Å². The average Bonchev–Trinajstić information content (AvgIpc) is 2.79. The van der Waals surface area contributed by atoms with Gasteiger partial charge in [-0.05, 0) is 42.9 Å². The summed E-state index contributed by atoms with van der Waals surface area (Å²) < 4.78 is 0. The monoisotopic (exact) mass is 376 g/mol. The Morgan fingerprint density at radius 2 is 1.68 bits per heavy atom. The SMILES string of the molecule is CCCO.O=C(c1ccnc2ccccc12)N1CCC(c2ccccc2)CC1. The number of aromatic nitrogens is 1. The fraction of sp³-hybridized carbons (Fsp3) is 0.333. The predicted octanol–water partition coefficient (Wildman–Crippen LogP) is 4.64. The number of hydrogen-bond donors (Lipinski definition) is 1. The summed E-state index contributed by atoms with van der Waals surface area (Å²) >= 11 is 0. The molecule has 3 aromatic rings. The fourth-order valence-corrected chi connectivity index (χ4v) is 3.59. The summed E-state index contributed by atoms with van der Waals surface area (Å²) in [4.78, 5) is 19.3. The minimum atomic E-state index is 0.125. The van der Waals surface area contributed by atoms with Gasteiger partial charge >= 0.3 is 0 Å². The van der Waals surface area contributed by atoms with Crippen LogP contribution >= 0.6 is 0 Å². The number of aliphatic hydroxyl groups is 1. The van der Waals surface area contributed by atoms with E-state index < -0.39 is 0 Å². The molecule has 1 fully saturated rings. The molecule has 2 aromatic carbocycles. The molecule has 1 aliphatic heterocycles. The Morgan fingerprint density at radius 3 is 2.36 bits per heavy atom. The molecule has 1 aliphatic rings. The zero-order valence-electron chi connectivity index (χ0n) is 16.4. The Bertz CT molecular complexity index is 880. The number of benzene rings is 2. The first kappa shape index (κ1) is 20.0. The standard InChI is InChI=1S/C21H20N2O.C3H8O/c24-21(19-10-13-22-20-9-5-4-8-18(19)20)23-14-11-17(12-15-23)16-6-2-1-3-7-16;1-2-3-4/h1-10,13,17H,11-12,14-15H2;4H,2-3H2,1H3. The third-order valence-electron chi connectivity index (χ3n) is 5.16. The normalized spacial score (nSPS) is 14.4. The van der Waals surface area contributed by atoms with Crippen LogP contribution in [0.5, 0.6) is 0 Å². The highest BCUT2D eigenvalue weighted by Gasteiger charge is 2.25. The molecule has 0 bridgehead atoms. The number of carbonyl (C=O) groups is 1. The van der Waals surface area contributed by atoms with Crippen LogP contribution in [-0.2, 0) is 0 Å². The first-order valence-electron chi connectivity index (χ1n) is 10.0. The summed E-state index contributed by atoms with van der Waals surface area (Å²) in [5.41, 5.74) is 3.03. The van der Waals surface area contributed by atoms with Gasteiger partial charge in [-0.3, -0.25) is 9.78 Å². The van der Waals surface area contributed by atoms with Crippen molar-refractivity contribution in [1.82, 2.24) is 9.88 Å². The van der Waals surface area contributed by atoms with Crippen molar-refractivity contribution < 1.29 is 9.90 Å². The van der Waals surface area contributed by atoms with E-state index >= 15 is 0 Å². The molecule has 4 heteroatoms. The Labute approximate surface area is 166 Å². The van der Waals surface area contributed by atoms with Gasteiger partial charge in [0, 0.05) is 31.3 Å². The molecular weight excluding hydrogens is 348 g/mol. The Balaban J connectivity index is 0.000000516. The molecule has 1 amide bonds. The van der Waals surface area contributed by atoms with Gasteiger partial charge in [0.1, 0.15) is 0 Å². The van der Waals surface area contributed by atoms with Crippen LogP contribution in [0.4, 0.5) is 0 Å². The molecule has 1 aromatic heterocycles. The van der Waals surface area contributed by atoms with Crippen LogP contribution < -0.4 is 0 Å². The lowest BCUT2D eigenvalue weighted by Gasteiger charge is -2.32. The van der Waals surface area contributed by atoms with E-state index in [1.54, 1.807) is 6.20 Å². The van der Waals surface area contributed by atoms with E-state index in [0.29, 0.717) is 12.5 Å². The van der Waals surface area contributed by atoms with Crippen LogP contribution in [0.2, 0.25) is 0 Å². The molecule has 1 N–H and O–H groups in total. The zero-order valence-corrected chi connectivity index (χ0v) is 16.4. The molecule has 0 radical (unpaired) electrons. The lowest BCUT2D eigenvalue weighted by Crippen LogP contribution is -2.38. The third kappa shape index (κ3) is 4.76. The number of nitrogens with zero attached hydrogens (tertiary/aromatic N) is 2. The van der Waals surface area contributed by atoms with Gasteiger partial charge in [0.05, 0.1) is 11.1 Å². The smallest absolute Gasteiger partial charge is 0.254 e. The summed E-state index contributed by atoms with van der Waals surface area (Å²) in [6.45, 7) is 3.88. The van der Waals surface area contributed by atoms with E-state index in [-0.39, 0.29) is 5.91 Å². The number of pyridine rings is 1. The number of aliphatic hydroxyl groups excluding tert-OH is 1. The highest BCUT2D eigenvalue weighted by molar-refractivity contribution is 6.05. The predicted molar refractivity (Wildman–Crippen MR) is 113 cm³/mol. The van der Waals surface area contributed by atoms with Crippen LogP contribution in [0, 0.1) is 0 Å². The summed E-state index contributed by atoms with van der Waals surface area (Å²) in [5.74, 6) is 0.685. The topological polar surface area (TPSA) is 53.4 Å². The molecule has 4 nitrogen and oxygen atoms in total. The lowest BCUT2D eigenvalue weighted by molar-refractivity contribution is 0.0715. The third-order valence-corrected chi connectivity index (χ3v) is 5.16. The average molecular weight is 377 g/mol. The summed E-state index contributed by atoms with van der Waals surface area (Å²) in [6, 6.07) is 20.3. The first-order valence-corrected chi connectivity index (χ1v) is 10.0. The number of hydrogen-bond acceptors (Lipinski definition) is 3. The van der Waals surface area contributed by atoms with E-state index in [1.807, 2.05) is 42.2 Å². The summed E-state index contributed by atoms with van der Waals surface area (Å²) in [7, 11) is 0.